The number of thiazole rings is 1. The number of amides is 1. The number of ether oxygens (including phenoxy) is 1. The van der Waals surface area contributed by atoms with Crippen molar-refractivity contribution < 1.29 is 9.53 Å². The van der Waals surface area contributed by atoms with E-state index in [4.69, 9.17) is 4.74 Å². The van der Waals surface area contributed by atoms with Crippen molar-refractivity contribution in [2.75, 3.05) is 4.90 Å². The second kappa shape index (κ2) is 7.30. The fourth-order valence-electron chi connectivity index (χ4n) is 3.30. The molecule has 0 bridgehead atoms. The van der Waals surface area contributed by atoms with E-state index < -0.39 is 0 Å². The fraction of sp³-hybridized carbons (Fsp3) is 0.238. The maximum absolute atomic E-state index is 13.1. The Labute approximate surface area is 157 Å². The monoisotopic (exact) mass is 364 g/mol. The Bertz CT molecular complexity index is 891. The maximum atomic E-state index is 13.1. The van der Waals surface area contributed by atoms with Crippen molar-refractivity contribution in [2.24, 2.45) is 0 Å². The first-order valence-corrected chi connectivity index (χ1v) is 9.68. The summed E-state index contributed by atoms with van der Waals surface area (Å²) in [6, 6.07) is 15.7. The molecule has 0 N–H and O–H groups in total. The molecule has 1 aliphatic heterocycles. The van der Waals surface area contributed by atoms with Crippen LogP contribution in [0.5, 0.6) is 5.75 Å². The third-order valence-corrected chi connectivity index (χ3v) is 5.35. The number of fused-ring (bicyclic) bond motifs is 1. The first kappa shape index (κ1) is 16.8. The lowest BCUT2D eigenvalue weighted by atomic mass is 9.96. The van der Waals surface area contributed by atoms with Gasteiger partial charge in [-0.25, -0.2) is 4.98 Å². The molecule has 0 unspecified atom stereocenters. The van der Waals surface area contributed by atoms with Crippen LogP contribution in [0.4, 0.5) is 5.69 Å². The largest absolute Gasteiger partial charge is 0.487 e. The van der Waals surface area contributed by atoms with E-state index in [0.717, 1.165) is 30.0 Å². The zero-order valence-corrected chi connectivity index (χ0v) is 15.4. The number of anilines is 1. The molecule has 1 aromatic heterocycles. The summed E-state index contributed by atoms with van der Waals surface area (Å²) in [5.41, 5.74) is 5.64. The van der Waals surface area contributed by atoms with E-state index in [9.17, 15) is 4.79 Å². The van der Waals surface area contributed by atoms with Gasteiger partial charge in [0, 0.05) is 22.7 Å². The molecule has 132 valence electrons. The van der Waals surface area contributed by atoms with Gasteiger partial charge in [-0.1, -0.05) is 18.2 Å². The molecule has 0 saturated heterocycles. The maximum Gasteiger partial charge on any atom is 0.258 e. The van der Waals surface area contributed by atoms with Crippen molar-refractivity contribution in [3.8, 4) is 5.75 Å². The lowest BCUT2D eigenvalue weighted by Gasteiger charge is -2.35. The number of benzene rings is 2. The zero-order chi connectivity index (χ0) is 17.9. The predicted molar refractivity (Wildman–Crippen MR) is 104 cm³/mol. The van der Waals surface area contributed by atoms with E-state index in [1.165, 1.54) is 5.56 Å². The summed E-state index contributed by atoms with van der Waals surface area (Å²) >= 11 is 1.55. The van der Waals surface area contributed by atoms with Gasteiger partial charge < -0.3 is 9.64 Å². The van der Waals surface area contributed by atoms with Crippen LogP contribution < -0.4 is 9.64 Å². The van der Waals surface area contributed by atoms with Gasteiger partial charge in [-0.3, -0.25) is 4.79 Å². The van der Waals surface area contributed by atoms with Gasteiger partial charge in [-0.05, 0) is 55.7 Å². The van der Waals surface area contributed by atoms with Gasteiger partial charge in [0.15, 0.2) is 0 Å². The highest BCUT2D eigenvalue weighted by molar-refractivity contribution is 7.07. The number of aromatic nitrogens is 1. The van der Waals surface area contributed by atoms with Crippen LogP contribution >= 0.6 is 11.3 Å². The number of carbonyl (C=O) groups is 1. The van der Waals surface area contributed by atoms with E-state index in [1.54, 1.807) is 16.8 Å². The second-order valence-electron chi connectivity index (χ2n) is 6.48. The Morgan fingerprint density at radius 3 is 2.81 bits per heavy atom. The minimum absolute atomic E-state index is 0.0377. The Morgan fingerprint density at radius 1 is 1.23 bits per heavy atom. The van der Waals surface area contributed by atoms with Gasteiger partial charge in [0.1, 0.15) is 12.4 Å². The number of hydrogen-bond donors (Lipinski definition) is 0. The van der Waals surface area contributed by atoms with Gasteiger partial charge >= 0.3 is 0 Å². The van der Waals surface area contributed by atoms with Crippen molar-refractivity contribution in [1.29, 1.82) is 0 Å². The van der Waals surface area contributed by atoms with E-state index in [1.807, 2.05) is 52.7 Å². The van der Waals surface area contributed by atoms with Crippen molar-refractivity contribution in [3.63, 3.8) is 0 Å². The first-order valence-electron chi connectivity index (χ1n) is 8.74. The summed E-state index contributed by atoms with van der Waals surface area (Å²) in [6.45, 7) is 2.55. The molecule has 5 heteroatoms. The number of para-hydroxylation sites is 1. The quantitative estimate of drug-likeness (QED) is 0.674. The normalized spacial score (nSPS) is 16.2. The van der Waals surface area contributed by atoms with E-state index >= 15 is 0 Å². The van der Waals surface area contributed by atoms with Crippen LogP contribution in [0.15, 0.2) is 59.4 Å². The highest BCUT2D eigenvalue weighted by Gasteiger charge is 2.28. The number of hydrogen-bond acceptors (Lipinski definition) is 4. The molecule has 0 saturated carbocycles. The summed E-state index contributed by atoms with van der Waals surface area (Å²) < 4.78 is 5.73. The molecule has 2 aromatic carbocycles. The molecule has 2 heterocycles. The van der Waals surface area contributed by atoms with Crippen molar-refractivity contribution >= 4 is 22.9 Å². The molecule has 1 amide bonds. The smallest absolute Gasteiger partial charge is 0.258 e. The molecule has 0 aliphatic carbocycles. The number of aryl methyl sites for hydroxylation is 1. The van der Waals surface area contributed by atoms with Gasteiger partial charge in [-0.15, -0.1) is 11.3 Å². The van der Waals surface area contributed by atoms with Crippen LogP contribution in [0.1, 0.15) is 35.0 Å². The fourth-order valence-corrected chi connectivity index (χ4v) is 3.84. The molecular weight excluding hydrogens is 344 g/mol. The molecule has 4 rings (SSSR count). The number of carbonyl (C=O) groups excluding carboxylic acids is 1. The molecule has 0 fully saturated rings. The first-order chi connectivity index (χ1) is 12.7. The number of nitrogens with zero attached hydrogens (tertiary/aromatic N) is 2. The van der Waals surface area contributed by atoms with E-state index in [2.05, 4.69) is 18.0 Å². The minimum atomic E-state index is 0.0377. The standard InChI is InChI=1S/C21H20N2O2S/c1-15-6-7-16-4-2-3-5-20(16)23(15)21(24)17-8-10-19(11-9-17)25-12-18-13-26-14-22-18/h2-5,8-11,13-15H,6-7,12H2,1H3/t15-/m0/s1. The topological polar surface area (TPSA) is 42.4 Å². The summed E-state index contributed by atoms with van der Waals surface area (Å²) in [5, 5.41) is 1.97. The van der Waals surface area contributed by atoms with Gasteiger partial charge in [0.2, 0.25) is 0 Å². The summed E-state index contributed by atoms with van der Waals surface area (Å²) in [7, 11) is 0. The molecule has 0 radical (unpaired) electrons. The highest BCUT2D eigenvalue weighted by Crippen LogP contribution is 2.32. The van der Waals surface area contributed by atoms with Gasteiger partial charge in [0.25, 0.3) is 5.91 Å². The SMILES string of the molecule is C[C@H]1CCc2ccccc2N1C(=O)c1ccc(OCc2cscn2)cc1. The highest BCUT2D eigenvalue weighted by atomic mass is 32.1. The lowest BCUT2D eigenvalue weighted by molar-refractivity contribution is 0.0975. The van der Waals surface area contributed by atoms with E-state index in [-0.39, 0.29) is 11.9 Å². The Balaban J connectivity index is 1.51. The van der Waals surface area contributed by atoms with Crippen molar-refractivity contribution in [3.05, 3.63) is 76.2 Å². The molecule has 3 aromatic rings. The Kier molecular flexibility index (Phi) is 4.71. The molecule has 0 spiro atoms. The summed E-state index contributed by atoms with van der Waals surface area (Å²) in [6.07, 6.45) is 2.00. The molecule has 26 heavy (non-hydrogen) atoms. The second-order valence-corrected chi connectivity index (χ2v) is 7.20. The van der Waals surface area contributed by atoms with Gasteiger partial charge in [0.05, 0.1) is 11.2 Å². The summed E-state index contributed by atoms with van der Waals surface area (Å²) in [4.78, 5) is 19.2. The Hall–Kier alpha value is -2.66. The zero-order valence-electron chi connectivity index (χ0n) is 14.6. The summed E-state index contributed by atoms with van der Waals surface area (Å²) in [5.74, 6) is 0.775. The minimum Gasteiger partial charge on any atom is -0.487 e. The van der Waals surface area contributed by atoms with Crippen LogP contribution in [0.2, 0.25) is 0 Å². The van der Waals surface area contributed by atoms with Crippen LogP contribution in [-0.4, -0.2) is 16.9 Å². The Morgan fingerprint density at radius 2 is 2.04 bits per heavy atom. The number of rotatable bonds is 4. The predicted octanol–water partition coefficient (Wildman–Crippen LogP) is 4.70. The molecule has 1 atom stereocenters. The third-order valence-electron chi connectivity index (χ3n) is 4.71. The third kappa shape index (κ3) is 3.35. The van der Waals surface area contributed by atoms with Gasteiger partial charge in [-0.2, -0.15) is 0 Å². The molecular formula is C21H20N2O2S. The van der Waals surface area contributed by atoms with Crippen molar-refractivity contribution in [2.45, 2.75) is 32.4 Å². The molecule has 1 aliphatic rings. The van der Waals surface area contributed by atoms with Crippen molar-refractivity contribution in [1.82, 2.24) is 4.98 Å². The van der Waals surface area contributed by atoms with Crippen LogP contribution in [0.25, 0.3) is 0 Å². The lowest BCUT2D eigenvalue weighted by Crippen LogP contribution is -2.42. The van der Waals surface area contributed by atoms with Crippen LogP contribution in [-0.2, 0) is 13.0 Å². The van der Waals surface area contributed by atoms with E-state index in [0.29, 0.717) is 12.2 Å². The van der Waals surface area contributed by atoms with Crippen LogP contribution in [0, 0.1) is 0 Å². The average molecular weight is 364 g/mol. The van der Waals surface area contributed by atoms with Crippen LogP contribution in [0.3, 0.4) is 0 Å². The average Bonchev–Trinajstić information content (AvgIpc) is 3.20. The molecule has 4 nitrogen and oxygen atoms in total.